The third kappa shape index (κ3) is 3.56. The molecular formula is C9H20N6. The fraction of sp³-hybridized carbons (Fsp3) is 0.889. The SMILES string of the molecule is CCN(CC)CCCn1nnnc1CN. The van der Waals surface area contributed by atoms with Gasteiger partial charge in [-0.25, -0.2) is 4.68 Å². The van der Waals surface area contributed by atoms with Crippen LogP contribution in [0.25, 0.3) is 0 Å². The van der Waals surface area contributed by atoms with E-state index >= 15 is 0 Å². The third-order valence-electron chi connectivity index (χ3n) is 2.53. The lowest BCUT2D eigenvalue weighted by Gasteiger charge is -2.17. The van der Waals surface area contributed by atoms with Crippen molar-refractivity contribution in [2.75, 3.05) is 19.6 Å². The Labute approximate surface area is 90.4 Å². The smallest absolute Gasteiger partial charge is 0.164 e. The Balaban J connectivity index is 2.31. The molecule has 0 saturated carbocycles. The molecule has 0 amide bonds. The van der Waals surface area contributed by atoms with Gasteiger partial charge in [-0.15, -0.1) is 5.10 Å². The molecule has 0 fully saturated rings. The summed E-state index contributed by atoms with van der Waals surface area (Å²) in [6.45, 7) is 8.86. The quantitative estimate of drug-likeness (QED) is 0.681. The molecule has 0 radical (unpaired) electrons. The van der Waals surface area contributed by atoms with E-state index in [0.29, 0.717) is 6.54 Å². The molecule has 2 N–H and O–H groups in total. The largest absolute Gasteiger partial charge is 0.324 e. The molecule has 0 spiro atoms. The second kappa shape index (κ2) is 6.47. The number of rotatable bonds is 7. The molecule has 0 bridgehead atoms. The molecule has 6 heteroatoms. The van der Waals surface area contributed by atoms with Crippen molar-refractivity contribution in [2.45, 2.75) is 33.4 Å². The van der Waals surface area contributed by atoms with Crippen molar-refractivity contribution in [2.24, 2.45) is 5.73 Å². The molecule has 1 rings (SSSR count). The van der Waals surface area contributed by atoms with E-state index in [9.17, 15) is 0 Å². The number of nitrogens with two attached hydrogens (primary N) is 1. The van der Waals surface area contributed by atoms with Gasteiger partial charge in [0.1, 0.15) is 0 Å². The summed E-state index contributed by atoms with van der Waals surface area (Å²) in [5.74, 6) is 0.759. The number of hydrogen-bond donors (Lipinski definition) is 1. The molecule has 0 saturated heterocycles. The first-order valence-corrected chi connectivity index (χ1v) is 5.49. The van der Waals surface area contributed by atoms with Gasteiger partial charge in [-0.3, -0.25) is 0 Å². The summed E-state index contributed by atoms with van der Waals surface area (Å²) in [4.78, 5) is 2.38. The van der Waals surface area contributed by atoms with Crippen LogP contribution in [-0.2, 0) is 13.1 Å². The third-order valence-corrected chi connectivity index (χ3v) is 2.53. The average Bonchev–Trinajstić information content (AvgIpc) is 2.72. The van der Waals surface area contributed by atoms with E-state index in [4.69, 9.17) is 5.73 Å². The lowest BCUT2D eigenvalue weighted by Crippen LogP contribution is -2.25. The Morgan fingerprint density at radius 1 is 1.33 bits per heavy atom. The Morgan fingerprint density at radius 2 is 2.07 bits per heavy atom. The highest BCUT2D eigenvalue weighted by Gasteiger charge is 2.04. The van der Waals surface area contributed by atoms with Gasteiger partial charge >= 0.3 is 0 Å². The van der Waals surface area contributed by atoms with Crippen molar-refractivity contribution < 1.29 is 0 Å². The van der Waals surface area contributed by atoms with Crippen LogP contribution < -0.4 is 5.73 Å². The van der Waals surface area contributed by atoms with Gasteiger partial charge in [-0.2, -0.15) is 0 Å². The molecule has 86 valence electrons. The fourth-order valence-corrected chi connectivity index (χ4v) is 1.53. The van der Waals surface area contributed by atoms with Crippen LogP contribution in [0, 0.1) is 0 Å². The summed E-state index contributed by atoms with van der Waals surface area (Å²) in [5, 5.41) is 11.3. The Kier molecular flexibility index (Phi) is 5.20. The van der Waals surface area contributed by atoms with Gasteiger partial charge in [0.05, 0.1) is 6.54 Å². The van der Waals surface area contributed by atoms with Gasteiger partial charge in [-0.05, 0) is 36.5 Å². The molecule has 15 heavy (non-hydrogen) atoms. The van der Waals surface area contributed by atoms with E-state index in [1.165, 1.54) is 0 Å². The second-order valence-electron chi connectivity index (χ2n) is 3.40. The van der Waals surface area contributed by atoms with Crippen LogP contribution in [0.4, 0.5) is 0 Å². The van der Waals surface area contributed by atoms with Crippen LogP contribution in [0.1, 0.15) is 26.1 Å². The summed E-state index contributed by atoms with van der Waals surface area (Å²) in [5.41, 5.74) is 5.51. The number of aromatic nitrogens is 4. The maximum absolute atomic E-state index is 5.51. The predicted octanol–water partition coefficient (Wildman–Crippen LogP) is -0.136. The van der Waals surface area contributed by atoms with Crippen molar-refractivity contribution in [1.29, 1.82) is 0 Å². The summed E-state index contributed by atoms with van der Waals surface area (Å²) >= 11 is 0. The Bertz CT molecular complexity index is 267. The van der Waals surface area contributed by atoms with E-state index in [0.717, 1.165) is 38.4 Å². The summed E-state index contributed by atoms with van der Waals surface area (Å²) in [6, 6.07) is 0. The molecule has 0 aliphatic heterocycles. The highest BCUT2D eigenvalue weighted by Crippen LogP contribution is 1.96. The van der Waals surface area contributed by atoms with Crippen LogP contribution in [0.5, 0.6) is 0 Å². The van der Waals surface area contributed by atoms with Crippen LogP contribution in [0.2, 0.25) is 0 Å². The van der Waals surface area contributed by atoms with Crippen LogP contribution in [0.15, 0.2) is 0 Å². The van der Waals surface area contributed by atoms with Crippen molar-refractivity contribution in [3.05, 3.63) is 5.82 Å². The lowest BCUT2D eigenvalue weighted by molar-refractivity contribution is 0.289. The molecule has 0 aliphatic rings. The van der Waals surface area contributed by atoms with Crippen molar-refractivity contribution in [3.8, 4) is 0 Å². The lowest BCUT2D eigenvalue weighted by atomic mass is 10.3. The zero-order valence-electron chi connectivity index (χ0n) is 9.56. The Hall–Kier alpha value is -1.01. The summed E-state index contributed by atoms with van der Waals surface area (Å²) in [6.07, 6.45) is 1.06. The van der Waals surface area contributed by atoms with Crippen LogP contribution in [-0.4, -0.2) is 44.7 Å². The van der Waals surface area contributed by atoms with Gasteiger partial charge in [-0.1, -0.05) is 13.8 Å². The van der Waals surface area contributed by atoms with E-state index in [2.05, 4.69) is 34.3 Å². The maximum Gasteiger partial charge on any atom is 0.164 e. The van der Waals surface area contributed by atoms with E-state index in [1.54, 1.807) is 4.68 Å². The monoisotopic (exact) mass is 212 g/mol. The maximum atomic E-state index is 5.51. The normalized spacial score (nSPS) is 11.2. The zero-order valence-corrected chi connectivity index (χ0v) is 9.56. The van der Waals surface area contributed by atoms with Gasteiger partial charge in [0.15, 0.2) is 5.82 Å². The minimum absolute atomic E-state index is 0.401. The molecule has 0 aromatic carbocycles. The zero-order chi connectivity index (χ0) is 11.1. The Morgan fingerprint density at radius 3 is 2.67 bits per heavy atom. The van der Waals surface area contributed by atoms with Crippen molar-refractivity contribution in [3.63, 3.8) is 0 Å². The molecule has 0 unspecified atom stereocenters. The van der Waals surface area contributed by atoms with Crippen molar-refractivity contribution in [1.82, 2.24) is 25.1 Å². The number of nitrogens with zero attached hydrogens (tertiary/aromatic N) is 5. The average molecular weight is 212 g/mol. The van der Waals surface area contributed by atoms with Gasteiger partial charge in [0.25, 0.3) is 0 Å². The molecule has 6 nitrogen and oxygen atoms in total. The summed E-state index contributed by atoms with van der Waals surface area (Å²) in [7, 11) is 0. The fourth-order valence-electron chi connectivity index (χ4n) is 1.53. The minimum atomic E-state index is 0.401. The molecule has 1 heterocycles. The molecule has 0 aliphatic carbocycles. The number of tetrazole rings is 1. The van der Waals surface area contributed by atoms with Crippen molar-refractivity contribution >= 4 is 0 Å². The highest BCUT2D eigenvalue weighted by atomic mass is 15.5. The van der Waals surface area contributed by atoms with E-state index < -0.39 is 0 Å². The molecule has 1 aromatic rings. The molecule has 1 aromatic heterocycles. The van der Waals surface area contributed by atoms with Gasteiger partial charge < -0.3 is 10.6 Å². The number of aryl methyl sites for hydroxylation is 1. The standard InChI is InChI=1S/C9H20N6/c1-3-14(4-2)6-5-7-15-9(8-10)11-12-13-15/h3-8,10H2,1-2H3. The summed E-state index contributed by atoms with van der Waals surface area (Å²) < 4.78 is 1.78. The number of hydrogen-bond acceptors (Lipinski definition) is 5. The van der Waals surface area contributed by atoms with Gasteiger partial charge in [0.2, 0.25) is 0 Å². The minimum Gasteiger partial charge on any atom is -0.324 e. The first kappa shape index (κ1) is 12.1. The van der Waals surface area contributed by atoms with Crippen LogP contribution >= 0.6 is 0 Å². The topological polar surface area (TPSA) is 72.9 Å². The van der Waals surface area contributed by atoms with E-state index in [1.807, 2.05) is 0 Å². The molecular weight excluding hydrogens is 192 g/mol. The van der Waals surface area contributed by atoms with E-state index in [-0.39, 0.29) is 0 Å². The second-order valence-corrected chi connectivity index (χ2v) is 3.40. The first-order valence-electron chi connectivity index (χ1n) is 5.49. The highest BCUT2D eigenvalue weighted by molar-refractivity contribution is 4.77. The van der Waals surface area contributed by atoms with Gasteiger partial charge in [0, 0.05) is 6.54 Å². The molecule has 0 atom stereocenters. The predicted molar refractivity (Wildman–Crippen MR) is 58.1 cm³/mol. The first-order chi connectivity index (χ1) is 7.31. The van der Waals surface area contributed by atoms with Crippen LogP contribution in [0.3, 0.4) is 0 Å².